The van der Waals surface area contributed by atoms with E-state index < -0.39 is 0 Å². The summed E-state index contributed by atoms with van der Waals surface area (Å²) in [4.78, 5) is 4.34. The molecular weight excluding hydrogens is 377 g/mol. The number of ether oxygens (including phenoxy) is 2. The number of nitrogens with one attached hydrogen (secondary N) is 1. The third kappa shape index (κ3) is 6.20. The van der Waals surface area contributed by atoms with Crippen LogP contribution in [0.15, 0.2) is 16.7 Å². The third-order valence-corrected chi connectivity index (χ3v) is 3.77. The SMILES string of the molecule is CNC(C)Cc1noc(/C=C/c2cc(Cl)c(OC(C)C)c(OC)c2)n1.Cl. The Balaban J connectivity index is 0.00000338. The predicted molar refractivity (Wildman–Crippen MR) is 106 cm³/mol. The monoisotopic (exact) mass is 401 g/mol. The van der Waals surface area contributed by atoms with E-state index in [1.807, 2.05) is 33.0 Å². The molecule has 0 radical (unpaired) electrons. The summed E-state index contributed by atoms with van der Waals surface area (Å²) in [5, 5.41) is 7.59. The zero-order valence-corrected chi connectivity index (χ0v) is 17.1. The molecule has 0 bridgehead atoms. The topological polar surface area (TPSA) is 69.4 Å². The Labute approximate surface area is 165 Å². The van der Waals surface area contributed by atoms with Gasteiger partial charge in [0.25, 0.3) is 5.89 Å². The van der Waals surface area contributed by atoms with Crippen molar-refractivity contribution in [3.63, 3.8) is 0 Å². The van der Waals surface area contributed by atoms with Gasteiger partial charge in [-0.05, 0) is 51.6 Å². The maximum atomic E-state index is 6.32. The number of rotatable bonds is 8. The quantitative estimate of drug-likeness (QED) is 0.712. The summed E-state index contributed by atoms with van der Waals surface area (Å²) in [6.07, 6.45) is 4.29. The Hall–Kier alpha value is -1.76. The van der Waals surface area contributed by atoms with E-state index in [1.54, 1.807) is 19.3 Å². The van der Waals surface area contributed by atoms with Crippen LogP contribution in [0.2, 0.25) is 5.02 Å². The average Bonchev–Trinajstić information content (AvgIpc) is 3.01. The van der Waals surface area contributed by atoms with Crippen LogP contribution >= 0.6 is 24.0 Å². The van der Waals surface area contributed by atoms with Crippen molar-refractivity contribution in [1.82, 2.24) is 15.5 Å². The van der Waals surface area contributed by atoms with Crippen molar-refractivity contribution in [1.29, 1.82) is 0 Å². The maximum absolute atomic E-state index is 6.32. The number of hydrogen-bond acceptors (Lipinski definition) is 6. The smallest absolute Gasteiger partial charge is 0.250 e. The summed E-state index contributed by atoms with van der Waals surface area (Å²) in [5.74, 6) is 2.22. The van der Waals surface area contributed by atoms with Gasteiger partial charge < -0.3 is 19.3 Å². The van der Waals surface area contributed by atoms with E-state index in [0.29, 0.717) is 34.7 Å². The van der Waals surface area contributed by atoms with Gasteiger partial charge in [0.1, 0.15) is 0 Å². The van der Waals surface area contributed by atoms with Gasteiger partial charge in [-0.2, -0.15) is 4.98 Å². The van der Waals surface area contributed by atoms with Crippen molar-refractivity contribution < 1.29 is 14.0 Å². The van der Waals surface area contributed by atoms with Crippen molar-refractivity contribution in [2.45, 2.75) is 39.3 Å². The molecule has 2 aromatic rings. The molecule has 1 N–H and O–H groups in total. The molecule has 0 aliphatic carbocycles. The van der Waals surface area contributed by atoms with Gasteiger partial charge in [0.2, 0.25) is 0 Å². The molecule has 144 valence electrons. The van der Waals surface area contributed by atoms with Crippen LogP contribution in [0.5, 0.6) is 11.5 Å². The molecule has 0 amide bonds. The largest absolute Gasteiger partial charge is 0.493 e. The fourth-order valence-electron chi connectivity index (χ4n) is 2.15. The van der Waals surface area contributed by atoms with Crippen LogP contribution < -0.4 is 14.8 Å². The van der Waals surface area contributed by atoms with Crippen molar-refractivity contribution >= 4 is 36.2 Å². The molecule has 8 heteroatoms. The van der Waals surface area contributed by atoms with Gasteiger partial charge >= 0.3 is 0 Å². The molecule has 6 nitrogen and oxygen atoms in total. The first-order valence-electron chi connectivity index (χ1n) is 8.15. The van der Waals surface area contributed by atoms with E-state index in [-0.39, 0.29) is 24.6 Å². The fourth-order valence-corrected chi connectivity index (χ4v) is 2.41. The van der Waals surface area contributed by atoms with E-state index in [4.69, 9.17) is 25.6 Å². The molecule has 26 heavy (non-hydrogen) atoms. The molecule has 1 atom stereocenters. The first kappa shape index (κ1) is 22.3. The molecule has 0 aliphatic heterocycles. The van der Waals surface area contributed by atoms with Gasteiger partial charge in [-0.25, -0.2) is 0 Å². The fraction of sp³-hybridized carbons (Fsp3) is 0.444. The molecule has 1 aromatic carbocycles. The molecule has 1 aromatic heterocycles. The van der Waals surface area contributed by atoms with E-state index >= 15 is 0 Å². The van der Waals surface area contributed by atoms with Gasteiger partial charge in [0.05, 0.1) is 18.2 Å². The predicted octanol–water partition coefficient (Wildman–Crippen LogP) is 4.26. The van der Waals surface area contributed by atoms with Crippen LogP contribution in [0.3, 0.4) is 0 Å². The van der Waals surface area contributed by atoms with Crippen molar-refractivity contribution in [3.05, 3.63) is 34.4 Å². The average molecular weight is 402 g/mol. The van der Waals surface area contributed by atoms with Crippen LogP contribution in [-0.4, -0.2) is 36.4 Å². The number of aromatic nitrogens is 2. The second-order valence-corrected chi connectivity index (χ2v) is 6.38. The van der Waals surface area contributed by atoms with Crippen LogP contribution in [0.4, 0.5) is 0 Å². The maximum Gasteiger partial charge on any atom is 0.250 e. The molecule has 0 aliphatic rings. The molecular formula is C18H25Cl2N3O3. The summed E-state index contributed by atoms with van der Waals surface area (Å²) >= 11 is 6.32. The van der Waals surface area contributed by atoms with Crippen LogP contribution in [0.1, 0.15) is 38.0 Å². The lowest BCUT2D eigenvalue weighted by molar-refractivity contribution is 0.230. The summed E-state index contributed by atoms with van der Waals surface area (Å²) in [6, 6.07) is 3.94. The van der Waals surface area contributed by atoms with E-state index in [1.165, 1.54) is 0 Å². The van der Waals surface area contributed by atoms with Gasteiger partial charge in [0, 0.05) is 18.5 Å². The molecule has 1 heterocycles. The van der Waals surface area contributed by atoms with Crippen molar-refractivity contribution in [2.75, 3.05) is 14.2 Å². The summed E-state index contributed by atoms with van der Waals surface area (Å²) in [5.41, 5.74) is 0.848. The summed E-state index contributed by atoms with van der Waals surface area (Å²) in [6.45, 7) is 5.93. The van der Waals surface area contributed by atoms with Gasteiger partial charge in [-0.15, -0.1) is 12.4 Å². The number of methoxy groups -OCH3 is 1. The normalized spacial score (nSPS) is 12.3. The lowest BCUT2D eigenvalue weighted by atomic mass is 10.2. The minimum atomic E-state index is 0. The minimum absolute atomic E-state index is 0. The zero-order valence-electron chi connectivity index (χ0n) is 15.6. The molecule has 1 unspecified atom stereocenters. The number of likely N-dealkylation sites (N-methyl/N-ethyl adjacent to an activating group) is 1. The van der Waals surface area contributed by atoms with Gasteiger partial charge in [-0.3, -0.25) is 0 Å². The first-order chi connectivity index (χ1) is 11.9. The highest BCUT2D eigenvalue weighted by molar-refractivity contribution is 6.32. The van der Waals surface area contributed by atoms with E-state index in [0.717, 1.165) is 5.56 Å². The second-order valence-electron chi connectivity index (χ2n) is 5.98. The molecule has 0 fully saturated rings. The first-order valence-corrected chi connectivity index (χ1v) is 8.52. The van der Waals surface area contributed by atoms with Crippen molar-refractivity contribution in [3.8, 4) is 11.5 Å². The highest BCUT2D eigenvalue weighted by Crippen LogP contribution is 2.37. The molecule has 0 saturated carbocycles. The van der Waals surface area contributed by atoms with Gasteiger partial charge in [0.15, 0.2) is 17.3 Å². The molecule has 0 spiro atoms. The lowest BCUT2D eigenvalue weighted by Crippen LogP contribution is -2.24. The highest BCUT2D eigenvalue weighted by atomic mass is 35.5. The summed E-state index contributed by atoms with van der Waals surface area (Å²) < 4.78 is 16.3. The lowest BCUT2D eigenvalue weighted by Gasteiger charge is -2.15. The van der Waals surface area contributed by atoms with E-state index in [9.17, 15) is 0 Å². The summed E-state index contributed by atoms with van der Waals surface area (Å²) in [7, 11) is 3.48. The van der Waals surface area contributed by atoms with Crippen LogP contribution in [0.25, 0.3) is 12.2 Å². The Morgan fingerprint density at radius 3 is 2.62 bits per heavy atom. The number of halogens is 2. The van der Waals surface area contributed by atoms with Crippen LogP contribution in [0, 0.1) is 0 Å². The number of nitrogens with zero attached hydrogens (tertiary/aromatic N) is 2. The van der Waals surface area contributed by atoms with E-state index in [2.05, 4.69) is 22.4 Å². The Bertz CT molecular complexity index is 732. The second kappa shape index (κ2) is 10.4. The van der Waals surface area contributed by atoms with Gasteiger partial charge in [-0.1, -0.05) is 16.8 Å². The van der Waals surface area contributed by atoms with Crippen molar-refractivity contribution in [2.24, 2.45) is 0 Å². The van der Waals surface area contributed by atoms with Crippen LogP contribution in [-0.2, 0) is 6.42 Å². The number of benzene rings is 1. The Morgan fingerprint density at radius 1 is 1.27 bits per heavy atom. The third-order valence-electron chi connectivity index (χ3n) is 3.49. The molecule has 2 rings (SSSR count). The minimum Gasteiger partial charge on any atom is -0.493 e. The Morgan fingerprint density at radius 2 is 2.00 bits per heavy atom. The highest BCUT2D eigenvalue weighted by Gasteiger charge is 2.13. The molecule has 0 saturated heterocycles. The number of hydrogen-bond donors (Lipinski definition) is 1. The zero-order chi connectivity index (χ0) is 18.4. The Kier molecular flexibility index (Phi) is 8.92. The standard InChI is InChI=1S/C18H24ClN3O3.ClH/c1-11(2)24-18-14(19)9-13(10-15(18)23-5)6-7-17-21-16(22-25-17)8-12(3)20-4;/h6-7,9-12,20H,8H2,1-5H3;1H/b7-6+;.